The molecule has 0 fully saturated rings. The molecule has 0 spiro atoms. The molecule has 0 N–H and O–H groups in total. The molecule has 1 aromatic rings. The molecular weight excluding hydrogens is 315 g/mol. The van der Waals surface area contributed by atoms with Crippen LogP contribution in [0.1, 0.15) is 64.0 Å². The maximum absolute atomic E-state index is 14.2. The summed E-state index contributed by atoms with van der Waals surface area (Å²) in [5.74, 6) is 0.286. The highest BCUT2D eigenvalue weighted by atomic mass is 79.9. The first-order chi connectivity index (χ1) is 9.42. The summed E-state index contributed by atoms with van der Waals surface area (Å²) in [7, 11) is 0. The third-order valence-corrected chi connectivity index (χ3v) is 5.02. The first-order valence-corrected chi connectivity index (χ1v) is 8.37. The zero-order valence-electron chi connectivity index (χ0n) is 12.9. The van der Waals surface area contributed by atoms with Crippen LogP contribution in [0.2, 0.25) is 0 Å². The minimum Gasteiger partial charge on any atom is -0.207 e. The Morgan fingerprint density at radius 3 is 2.70 bits per heavy atom. The molecule has 1 atom stereocenters. The molecule has 2 rings (SSSR count). The van der Waals surface area contributed by atoms with Crippen molar-refractivity contribution in [3.63, 3.8) is 0 Å². The van der Waals surface area contributed by atoms with E-state index >= 15 is 0 Å². The van der Waals surface area contributed by atoms with Crippen molar-refractivity contribution in [2.45, 2.75) is 59.3 Å². The molecule has 1 unspecified atom stereocenters. The highest BCUT2D eigenvalue weighted by Gasteiger charge is 2.42. The molecule has 2 heteroatoms. The molecule has 0 aliphatic heterocycles. The smallest absolute Gasteiger partial charge is 0.126 e. The van der Waals surface area contributed by atoms with Crippen molar-refractivity contribution < 1.29 is 4.39 Å². The minimum atomic E-state index is -0.0499. The van der Waals surface area contributed by atoms with E-state index in [0.717, 1.165) is 35.7 Å². The average molecular weight is 339 g/mol. The third-order valence-electron chi connectivity index (χ3n) is 4.33. The van der Waals surface area contributed by atoms with Gasteiger partial charge in [-0.1, -0.05) is 61.7 Å². The van der Waals surface area contributed by atoms with Gasteiger partial charge in [0.25, 0.3) is 0 Å². The Labute approximate surface area is 130 Å². The standard InChI is InChI=1S/C18H24BrF/c1-5-7-12(8-6-2)17-16-13(11-18(17,3)4)15(20)10-9-14(16)19/h7,9-10,17H,5-6,8,11H2,1-4H3/b12-7+. The lowest BCUT2D eigenvalue weighted by Crippen LogP contribution is -2.20. The van der Waals surface area contributed by atoms with Crippen molar-refractivity contribution in [2.75, 3.05) is 0 Å². The van der Waals surface area contributed by atoms with Gasteiger partial charge in [0.15, 0.2) is 0 Å². The lowest BCUT2D eigenvalue weighted by atomic mass is 9.74. The zero-order chi connectivity index (χ0) is 14.9. The molecule has 1 aliphatic carbocycles. The van der Waals surface area contributed by atoms with Crippen LogP contribution in [0, 0.1) is 11.2 Å². The van der Waals surface area contributed by atoms with Gasteiger partial charge in [0.2, 0.25) is 0 Å². The highest BCUT2D eigenvalue weighted by molar-refractivity contribution is 9.10. The molecule has 0 bridgehead atoms. The number of rotatable bonds is 4. The predicted molar refractivity (Wildman–Crippen MR) is 87.6 cm³/mol. The van der Waals surface area contributed by atoms with Crippen LogP contribution in [-0.2, 0) is 6.42 Å². The fraction of sp³-hybridized carbons (Fsp3) is 0.556. The summed E-state index contributed by atoms with van der Waals surface area (Å²) in [5.41, 5.74) is 3.66. The number of halogens is 2. The van der Waals surface area contributed by atoms with Crippen molar-refractivity contribution in [2.24, 2.45) is 5.41 Å². The lowest BCUT2D eigenvalue weighted by Gasteiger charge is -2.30. The molecule has 20 heavy (non-hydrogen) atoms. The molecule has 1 aromatic carbocycles. The quantitative estimate of drug-likeness (QED) is 0.558. The zero-order valence-corrected chi connectivity index (χ0v) is 14.5. The van der Waals surface area contributed by atoms with E-state index in [1.165, 1.54) is 11.1 Å². The van der Waals surface area contributed by atoms with Crippen molar-refractivity contribution in [3.8, 4) is 0 Å². The van der Waals surface area contributed by atoms with E-state index in [9.17, 15) is 4.39 Å². The van der Waals surface area contributed by atoms with Crippen LogP contribution in [0.3, 0.4) is 0 Å². The second kappa shape index (κ2) is 6.01. The number of hydrogen-bond acceptors (Lipinski definition) is 0. The molecule has 0 nitrogen and oxygen atoms in total. The second-order valence-corrected chi connectivity index (χ2v) is 7.31. The Morgan fingerprint density at radius 1 is 1.40 bits per heavy atom. The minimum absolute atomic E-state index is 0.0499. The normalized spacial score (nSPS) is 21.1. The Morgan fingerprint density at radius 2 is 2.10 bits per heavy atom. The summed E-state index contributed by atoms with van der Waals surface area (Å²) >= 11 is 3.65. The SMILES string of the molecule is CC/C=C(\CCC)C1c2c(Br)ccc(F)c2CC1(C)C. The second-order valence-electron chi connectivity index (χ2n) is 6.46. The van der Waals surface area contributed by atoms with E-state index in [1.807, 2.05) is 6.07 Å². The third kappa shape index (κ3) is 2.72. The van der Waals surface area contributed by atoms with Gasteiger partial charge in [-0.2, -0.15) is 0 Å². The number of fused-ring (bicyclic) bond motifs is 1. The van der Waals surface area contributed by atoms with E-state index in [2.05, 4.69) is 49.7 Å². The molecule has 0 radical (unpaired) electrons. The largest absolute Gasteiger partial charge is 0.207 e. The molecule has 0 saturated carbocycles. The number of allylic oxidation sites excluding steroid dienone is 2. The molecule has 0 saturated heterocycles. The van der Waals surface area contributed by atoms with Crippen molar-refractivity contribution in [1.82, 2.24) is 0 Å². The van der Waals surface area contributed by atoms with Crippen molar-refractivity contribution in [1.29, 1.82) is 0 Å². The Bertz CT molecular complexity index is 528. The maximum Gasteiger partial charge on any atom is 0.126 e. The first-order valence-electron chi connectivity index (χ1n) is 7.58. The van der Waals surface area contributed by atoms with E-state index in [-0.39, 0.29) is 11.2 Å². The van der Waals surface area contributed by atoms with Gasteiger partial charge in [-0.15, -0.1) is 0 Å². The van der Waals surface area contributed by atoms with Crippen LogP contribution in [0.4, 0.5) is 4.39 Å². The van der Waals surface area contributed by atoms with Gasteiger partial charge in [-0.25, -0.2) is 4.39 Å². The fourth-order valence-corrected chi connectivity index (χ4v) is 4.25. The molecule has 0 aromatic heterocycles. The van der Waals surface area contributed by atoms with Crippen LogP contribution in [0.5, 0.6) is 0 Å². The van der Waals surface area contributed by atoms with Gasteiger partial charge in [0.1, 0.15) is 5.82 Å². The Balaban J connectivity index is 2.58. The topological polar surface area (TPSA) is 0 Å². The summed E-state index contributed by atoms with van der Waals surface area (Å²) < 4.78 is 15.2. The molecular formula is C18H24BrF. The van der Waals surface area contributed by atoms with Crippen molar-refractivity contribution >= 4 is 15.9 Å². The van der Waals surface area contributed by atoms with E-state index in [1.54, 1.807) is 6.07 Å². The summed E-state index contributed by atoms with van der Waals surface area (Å²) in [5, 5.41) is 0. The summed E-state index contributed by atoms with van der Waals surface area (Å²) in [4.78, 5) is 0. The Hall–Kier alpha value is -0.630. The maximum atomic E-state index is 14.2. The number of benzene rings is 1. The van der Waals surface area contributed by atoms with E-state index in [0.29, 0.717) is 5.92 Å². The van der Waals surface area contributed by atoms with Gasteiger partial charge >= 0.3 is 0 Å². The summed E-state index contributed by atoms with van der Waals surface area (Å²) in [6.07, 6.45) is 6.46. The summed E-state index contributed by atoms with van der Waals surface area (Å²) in [6.45, 7) is 8.93. The van der Waals surface area contributed by atoms with Crippen LogP contribution in [0.25, 0.3) is 0 Å². The van der Waals surface area contributed by atoms with Crippen LogP contribution in [0.15, 0.2) is 28.3 Å². The predicted octanol–water partition coefficient (Wildman–Crippen LogP) is 6.39. The highest BCUT2D eigenvalue weighted by Crippen LogP contribution is 2.54. The molecule has 1 aliphatic rings. The molecule has 0 heterocycles. The van der Waals surface area contributed by atoms with Gasteiger partial charge in [0, 0.05) is 10.4 Å². The Kier molecular flexibility index (Phi) is 4.73. The first kappa shape index (κ1) is 15.8. The van der Waals surface area contributed by atoms with Gasteiger partial charge in [0.05, 0.1) is 0 Å². The molecule has 0 amide bonds. The average Bonchev–Trinajstić information content (AvgIpc) is 2.66. The van der Waals surface area contributed by atoms with Crippen LogP contribution < -0.4 is 0 Å². The van der Waals surface area contributed by atoms with Gasteiger partial charge < -0.3 is 0 Å². The fourth-order valence-electron chi connectivity index (χ4n) is 3.65. The summed E-state index contributed by atoms with van der Waals surface area (Å²) in [6, 6.07) is 3.45. The van der Waals surface area contributed by atoms with Gasteiger partial charge in [-0.05, 0) is 47.9 Å². The number of hydrogen-bond donors (Lipinski definition) is 0. The van der Waals surface area contributed by atoms with Crippen LogP contribution in [-0.4, -0.2) is 0 Å². The molecule has 110 valence electrons. The van der Waals surface area contributed by atoms with E-state index in [4.69, 9.17) is 0 Å². The lowest BCUT2D eigenvalue weighted by molar-refractivity contribution is 0.335. The monoisotopic (exact) mass is 338 g/mol. The van der Waals surface area contributed by atoms with Crippen LogP contribution >= 0.6 is 15.9 Å². The van der Waals surface area contributed by atoms with E-state index < -0.39 is 0 Å². The van der Waals surface area contributed by atoms with Crippen molar-refractivity contribution in [3.05, 3.63) is 45.2 Å². The van der Waals surface area contributed by atoms with Gasteiger partial charge in [-0.3, -0.25) is 0 Å².